The van der Waals surface area contributed by atoms with Crippen LogP contribution in [0.5, 0.6) is 0 Å². The van der Waals surface area contributed by atoms with Gasteiger partial charge in [0.15, 0.2) is 0 Å². The lowest BCUT2D eigenvalue weighted by molar-refractivity contribution is -0.133. The molecule has 0 spiro atoms. The van der Waals surface area contributed by atoms with Crippen molar-refractivity contribution in [1.82, 2.24) is 4.90 Å². The second-order valence-corrected chi connectivity index (χ2v) is 8.29. The molecule has 1 saturated heterocycles. The first-order valence-corrected chi connectivity index (χ1v) is 9.35. The van der Waals surface area contributed by atoms with Crippen LogP contribution < -0.4 is 5.14 Å². The summed E-state index contributed by atoms with van der Waals surface area (Å²) in [5.74, 6) is 0.366. The number of nitrogens with zero attached hydrogens (tertiary/aromatic N) is 1. The molecule has 1 aromatic rings. The zero-order chi connectivity index (χ0) is 15.9. The van der Waals surface area contributed by atoms with E-state index in [1.165, 1.54) is 11.1 Å². The molecule has 5 nitrogen and oxygen atoms in total. The van der Waals surface area contributed by atoms with Crippen molar-refractivity contribution in [2.24, 2.45) is 11.1 Å². The number of benzene rings is 1. The summed E-state index contributed by atoms with van der Waals surface area (Å²) < 4.78 is 23.0. The summed E-state index contributed by atoms with van der Waals surface area (Å²) in [4.78, 5) is 14.3. The first-order valence-electron chi connectivity index (χ1n) is 7.74. The topological polar surface area (TPSA) is 80.5 Å². The lowest BCUT2D eigenvalue weighted by Crippen LogP contribution is -2.47. The Hall–Kier alpha value is -1.40. The zero-order valence-corrected chi connectivity index (χ0v) is 13.6. The Kier molecular flexibility index (Phi) is 3.99. The molecule has 6 heteroatoms. The van der Waals surface area contributed by atoms with Gasteiger partial charge in [-0.25, -0.2) is 13.6 Å². The quantitative estimate of drug-likeness (QED) is 0.913. The number of carbonyl (C=O) groups excluding carboxylic acids is 1. The highest BCUT2D eigenvalue weighted by atomic mass is 32.2. The number of rotatable bonds is 3. The number of likely N-dealkylation sites (tertiary alicyclic amines) is 1. The molecule has 3 atom stereocenters. The number of sulfonamides is 1. The molecule has 1 heterocycles. The van der Waals surface area contributed by atoms with E-state index in [1.54, 1.807) is 4.90 Å². The van der Waals surface area contributed by atoms with Crippen molar-refractivity contribution in [2.45, 2.75) is 37.4 Å². The molecule has 1 aliphatic heterocycles. The van der Waals surface area contributed by atoms with Crippen LogP contribution in [0.25, 0.3) is 0 Å². The summed E-state index contributed by atoms with van der Waals surface area (Å²) in [6.07, 6.45) is 2.11. The van der Waals surface area contributed by atoms with Crippen LogP contribution >= 0.6 is 0 Å². The van der Waals surface area contributed by atoms with E-state index in [2.05, 4.69) is 19.1 Å². The molecular formula is C16H22N2O3S. The fourth-order valence-electron chi connectivity index (χ4n) is 3.46. The summed E-state index contributed by atoms with van der Waals surface area (Å²) in [5, 5.41) is 4.63. The maximum atomic E-state index is 12.6. The fourth-order valence-corrected chi connectivity index (χ4v) is 4.34. The number of carbonyl (C=O) groups is 1. The highest BCUT2D eigenvalue weighted by Crippen LogP contribution is 2.49. The van der Waals surface area contributed by atoms with Gasteiger partial charge in [0.2, 0.25) is 15.9 Å². The average Bonchev–Trinajstić information content (AvgIpc) is 3.26. The van der Waals surface area contributed by atoms with Gasteiger partial charge in [0.25, 0.3) is 0 Å². The third kappa shape index (κ3) is 3.03. The normalized spacial score (nSPS) is 28.5. The lowest BCUT2D eigenvalue weighted by atomic mass is 10.0. The Balaban J connectivity index is 1.67. The largest absolute Gasteiger partial charge is 0.341 e. The molecule has 120 valence electrons. The highest BCUT2D eigenvalue weighted by Gasteiger charge is 2.47. The average molecular weight is 322 g/mol. The SMILES string of the molecule is Cc1ccccc1[C@@H]1C[C@H]1C(=O)N1CCC[C@@H](S(N)(=O)=O)C1. The van der Waals surface area contributed by atoms with Crippen molar-refractivity contribution in [3.63, 3.8) is 0 Å². The molecule has 1 amide bonds. The number of hydrogen-bond donors (Lipinski definition) is 1. The molecule has 22 heavy (non-hydrogen) atoms. The number of aryl methyl sites for hydroxylation is 1. The molecule has 2 fully saturated rings. The summed E-state index contributed by atoms with van der Waals surface area (Å²) in [7, 11) is -3.56. The minimum atomic E-state index is -3.56. The minimum absolute atomic E-state index is 0.000304. The van der Waals surface area contributed by atoms with E-state index in [0.717, 1.165) is 6.42 Å². The molecule has 0 bridgehead atoms. The molecule has 1 aliphatic carbocycles. The van der Waals surface area contributed by atoms with Crippen LogP contribution in [-0.2, 0) is 14.8 Å². The maximum Gasteiger partial charge on any atom is 0.226 e. The van der Waals surface area contributed by atoms with Gasteiger partial charge in [-0.15, -0.1) is 0 Å². The third-order valence-corrected chi connectivity index (χ3v) is 6.16. The first-order chi connectivity index (χ1) is 10.4. The predicted octanol–water partition coefficient (Wildman–Crippen LogP) is 1.38. The Bertz CT molecular complexity index is 686. The van der Waals surface area contributed by atoms with E-state index >= 15 is 0 Å². The Morgan fingerprint density at radius 1 is 1.32 bits per heavy atom. The molecular weight excluding hydrogens is 300 g/mol. The zero-order valence-electron chi connectivity index (χ0n) is 12.7. The third-order valence-electron chi connectivity index (χ3n) is 4.85. The van der Waals surface area contributed by atoms with Gasteiger partial charge in [0, 0.05) is 19.0 Å². The fraction of sp³-hybridized carbons (Fsp3) is 0.562. The summed E-state index contributed by atoms with van der Waals surface area (Å²) in [5.41, 5.74) is 2.45. The van der Waals surface area contributed by atoms with Crippen molar-refractivity contribution >= 4 is 15.9 Å². The van der Waals surface area contributed by atoms with Gasteiger partial charge in [0.05, 0.1) is 5.25 Å². The smallest absolute Gasteiger partial charge is 0.226 e. The monoisotopic (exact) mass is 322 g/mol. The van der Waals surface area contributed by atoms with Crippen molar-refractivity contribution in [1.29, 1.82) is 0 Å². The van der Waals surface area contributed by atoms with Crippen LogP contribution in [0, 0.1) is 12.8 Å². The van der Waals surface area contributed by atoms with Crippen LogP contribution in [-0.4, -0.2) is 37.6 Å². The Labute approximate surface area is 131 Å². The molecule has 2 N–H and O–H groups in total. The number of primary sulfonamides is 1. The van der Waals surface area contributed by atoms with Gasteiger partial charge in [-0.1, -0.05) is 24.3 Å². The van der Waals surface area contributed by atoms with Crippen molar-refractivity contribution in [3.05, 3.63) is 35.4 Å². The van der Waals surface area contributed by atoms with Crippen LogP contribution in [0.15, 0.2) is 24.3 Å². The van der Waals surface area contributed by atoms with Crippen LogP contribution in [0.3, 0.4) is 0 Å². The van der Waals surface area contributed by atoms with Gasteiger partial charge in [0.1, 0.15) is 0 Å². The number of amides is 1. The van der Waals surface area contributed by atoms with E-state index < -0.39 is 15.3 Å². The molecule has 0 unspecified atom stereocenters. The van der Waals surface area contributed by atoms with E-state index in [9.17, 15) is 13.2 Å². The van der Waals surface area contributed by atoms with E-state index in [1.807, 2.05) is 12.1 Å². The Morgan fingerprint density at radius 2 is 2.05 bits per heavy atom. The van der Waals surface area contributed by atoms with Crippen LogP contribution in [0.4, 0.5) is 0 Å². The number of piperidine rings is 1. The molecule has 0 radical (unpaired) electrons. The molecule has 1 saturated carbocycles. The van der Waals surface area contributed by atoms with E-state index in [4.69, 9.17) is 5.14 Å². The molecule has 0 aromatic heterocycles. The van der Waals surface area contributed by atoms with Gasteiger partial charge < -0.3 is 4.90 Å². The summed E-state index contributed by atoms with van der Waals surface area (Å²) in [6.45, 7) is 2.95. The van der Waals surface area contributed by atoms with Gasteiger partial charge in [-0.3, -0.25) is 4.79 Å². The second-order valence-electron chi connectivity index (χ2n) is 6.44. The predicted molar refractivity (Wildman–Crippen MR) is 84.7 cm³/mol. The Morgan fingerprint density at radius 3 is 2.73 bits per heavy atom. The van der Waals surface area contributed by atoms with E-state index in [-0.39, 0.29) is 24.3 Å². The summed E-state index contributed by atoms with van der Waals surface area (Å²) in [6, 6.07) is 8.14. The maximum absolute atomic E-state index is 12.6. The molecule has 2 aliphatic rings. The number of hydrogen-bond acceptors (Lipinski definition) is 3. The number of nitrogens with two attached hydrogens (primary N) is 1. The molecule has 1 aromatic carbocycles. The van der Waals surface area contributed by atoms with Crippen LogP contribution in [0.1, 0.15) is 36.3 Å². The highest BCUT2D eigenvalue weighted by molar-refractivity contribution is 7.89. The van der Waals surface area contributed by atoms with Crippen molar-refractivity contribution in [3.8, 4) is 0 Å². The molecule has 3 rings (SSSR count). The standard InChI is InChI=1S/C16H22N2O3S/c1-11-5-2-3-7-13(11)14-9-15(14)16(19)18-8-4-6-12(10-18)22(17,20)21/h2-3,5,7,12,14-15H,4,6,8-10H2,1H3,(H2,17,20,21)/t12-,14+,15-/m1/s1. The summed E-state index contributed by atoms with van der Waals surface area (Å²) >= 11 is 0. The lowest BCUT2D eigenvalue weighted by Gasteiger charge is -2.31. The van der Waals surface area contributed by atoms with Gasteiger partial charge >= 0.3 is 0 Å². The van der Waals surface area contributed by atoms with Crippen molar-refractivity contribution < 1.29 is 13.2 Å². The second kappa shape index (κ2) is 5.66. The minimum Gasteiger partial charge on any atom is -0.341 e. The van der Waals surface area contributed by atoms with Gasteiger partial charge in [-0.05, 0) is 43.2 Å². The van der Waals surface area contributed by atoms with Crippen molar-refractivity contribution in [2.75, 3.05) is 13.1 Å². The van der Waals surface area contributed by atoms with Crippen LogP contribution in [0.2, 0.25) is 0 Å². The van der Waals surface area contributed by atoms with E-state index in [0.29, 0.717) is 19.4 Å². The van der Waals surface area contributed by atoms with Gasteiger partial charge in [-0.2, -0.15) is 0 Å². The first kappa shape index (κ1) is 15.5.